The Kier molecular flexibility index (Phi) is 3.17. The van der Waals surface area contributed by atoms with Gasteiger partial charge in [0, 0.05) is 45.6 Å². The fraction of sp³-hybridized carbons (Fsp3) is 0.467. The van der Waals surface area contributed by atoms with Crippen LogP contribution in [0.5, 0.6) is 0 Å². The van der Waals surface area contributed by atoms with Crippen LogP contribution in [0.25, 0.3) is 0 Å². The van der Waals surface area contributed by atoms with Gasteiger partial charge in [0.15, 0.2) is 0 Å². The van der Waals surface area contributed by atoms with E-state index in [1.807, 2.05) is 30.9 Å². The highest BCUT2D eigenvalue weighted by Crippen LogP contribution is 2.27. The number of carbonyl (C=O) groups is 1. The zero-order chi connectivity index (χ0) is 16.0. The van der Waals surface area contributed by atoms with Crippen LogP contribution in [0.4, 0.5) is 16.3 Å². The Morgan fingerprint density at radius 2 is 2.09 bits per heavy atom. The number of carbonyl (C=O) groups excluding carboxylic acids is 1. The van der Waals surface area contributed by atoms with Crippen LogP contribution in [0, 0.1) is 6.92 Å². The lowest BCUT2D eigenvalue weighted by Crippen LogP contribution is -2.48. The number of hydrogen-bond donors (Lipinski definition) is 0. The van der Waals surface area contributed by atoms with Crippen LogP contribution in [-0.2, 0) is 0 Å². The molecule has 4 rings (SSSR count). The van der Waals surface area contributed by atoms with Crippen molar-refractivity contribution in [3.63, 3.8) is 0 Å². The van der Waals surface area contributed by atoms with E-state index in [-0.39, 0.29) is 6.03 Å². The Labute approximate surface area is 134 Å². The maximum atomic E-state index is 12.0. The maximum absolute atomic E-state index is 12.0. The molecular formula is C15H19N7O. The molecule has 120 valence electrons. The molecule has 0 saturated carbocycles. The number of nitrogens with zero attached hydrogens (tertiary/aromatic N) is 7. The summed E-state index contributed by atoms with van der Waals surface area (Å²) in [7, 11) is 1.82. The molecule has 2 aliphatic heterocycles. The van der Waals surface area contributed by atoms with E-state index < -0.39 is 0 Å². The summed E-state index contributed by atoms with van der Waals surface area (Å²) in [4.78, 5) is 26.3. The fourth-order valence-electron chi connectivity index (χ4n) is 2.98. The molecule has 2 aromatic heterocycles. The van der Waals surface area contributed by atoms with Crippen LogP contribution in [0.3, 0.4) is 0 Å². The summed E-state index contributed by atoms with van der Waals surface area (Å²) in [5.41, 5.74) is 0.871. The van der Waals surface area contributed by atoms with Crippen LogP contribution in [0.15, 0.2) is 24.7 Å². The molecule has 0 unspecified atom stereocenters. The van der Waals surface area contributed by atoms with Crippen LogP contribution in [-0.4, -0.2) is 63.9 Å². The monoisotopic (exact) mass is 313 g/mol. The second-order valence-corrected chi connectivity index (χ2v) is 6.06. The molecule has 0 bridgehead atoms. The van der Waals surface area contributed by atoms with Crippen molar-refractivity contribution < 1.29 is 4.79 Å². The summed E-state index contributed by atoms with van der Waals surface area (Å²) < 4.78 is 1.95. The van der Waals surface area contributed by atoms with Gasteiger partial charge >= 0.3 is 6.03 Å². The third-order valence-electron chi connectivity index (χ3n) is 4.44. The van der Waals surface area contributed by atoms with Gasteiger partial charge in [-0.05, 0) is 13.0 Å². The molecule has 8 nitrogen and oxygen atoms in total. The fourth-order valence-corrected chi connectivity index (χ4v) is 2.98. The van der Waals surface area contributed by atoms with Crippen LogP contribution in [0.1, 0.15) is 11.9 Å². The highest BCUT2D eigenvalue weighted by Gasteiger charge is 2.32. The average molecular weight is 313 g/mol. The van der Waals surface area contributed by atoms with Crippen molar-refractivity contribution in [3.05, 3.63) is 30.5 Å². The summed E-state index contributed by atoms with van der Waals surface area (Å²) in [6.07, 6.45) is 5.52. The molecule has 8 heteroatoms. The molecule has 2 aliphatic rings. The maximum Gasteiger partial charge on any atom is 0.324 e. The lowest BCUT2D eigenvalue weighted by molar-refractivity contribution is 0.229. The summed E-state index contributed by atoms with van der Waals surface area (Å²) in [5, 5.41) is 4.43. The first kappa shape index (κ1) is 14.0. The minimum absolute atomic E-state index is 0.0382. The third-order valence-corrected chi connectivity index (χ3v) is 4.44. The first-order valence-electron chi connectivity index (χ1n) is 7.73. The van der Waals surface area contributed by atoms with Gasteiger partial charge in [-0.2, -0.15) is 5.10 Å². The Hall–Kier alpha value is -2.64. The Morgan fingerprint density at radius 3 is 2.78 bits per heavy atom. The summed E-state index contributed by atoms with van der Waals surface area (Å²) >= 11 is 0. The van der Waals surface area contributed by atoms with Crippen molar-refractivity contribution >= 4 is 17.5 Å². The summed E-state index contributed by atoms with van der Waals surface area (Å²) in [5.74, 6) is 1.74. The molecule has 2 fully saturated rings. The number of anilines is 2. The van der Waals surface area contributed by atoms with Crippen molar-refractivity contribution in [3.8, 4) is 0 Å². The molecule has 0 aliphatic carbocycles. The lowest BCUT2D eigenvalue weighted by Gasteiger charge is -2.40. The van der Waals surface area contributed by atoms with Gasteiger partial charge in [0.2, 0.25) is 0 Å². The van der Waals surface area contributed by atoms with Crippen molar-refractivity contribution in [2.45, 2.75) is 13.0 Å². The van der Waals surface area contributed by atoms with E-state index in [9.17, 15) is 4.79 Å². The third kappa shape index (κ3) is 2.39. The number of aryl methyl sites for hydroxylation is 1. The Balaban J connectivity index is 1.42. The number of likely N-dealkylation sites (N-methyl/N-ethyl adjacent to an activating group) is 1. The predicted molar refractivity (Wildman–Crippen MR) is 85.6 cm³/mol. The lowest BCUT2D eigenvalue weighted by atomic mass is 10.1. The van der Waals surface area contributed by atoms with Crippen molar-refractivity contribution in [1.82, 2.24) is 24.6 Å². The number of hydrogen-bond acceptors (Lipinski definition) is 5. The smallest absolute Gasteiger partial charge is 0.324 e. The topological polar surface area (TPSA) is 70.4 Å². The zero-order valence-corrected chi connectivity index (χ0v) is 13.3. The Morgan fingerprint density at radius 1 is 1.26 bits per heavy atom. The van der Waals surface area contributed by atoms with Gasteiger partial charge in [-0.3, -0.25) is 9.58 Å². The first-order chi connectivity index (χ1) is 11.1. The molecule has 0 aromatic carbocycles. The van der Waals surface area contributed by atoms with E-state index in [4.69, 9.17) is 0 Å². The second-order valence-electron chi connectivity index (χ2n) is 6.06. The summed E-state index contributed by atoms with van der Waals surface area (Å²) in [6.45, 7) is 5.10. The second kappa shape index (κ2) is 5.22. The molecular weight excluding hydrogens is 294 g/mol. The molecule has 0 atom stereocenters. The van der Waals surface area contributed by atoms with Crippen LogP contribution in [0.2, 0.25) is 0 Å². The zero-order valence-electron chi connectivity index (χ0n) is 13.3. The normalized spacial score (nSPS) is 18.7. The standard InChI is InChI=1S/C15H19N7O/c1-11-16-4-3-14(18-11)20-8-13(9-20)22-10-12(7-17-22)21-6-5-19(2)15(21)23/h3-4,7,10,13H,5-6,8-9H2,1-2H3. The molecule has 0 spiro atoms. The number of aromatic nitrogens is 4. The number of amides is 2. The molecule has 23 heavy (non-hydrogen) atoms. The van der Waals surface area contributed by atoms with E-state index in [0.29, 0.717) is 6.04 Å². The molecule has 2 amide bonds. The van der Waals surface area contributed by atoms with Crippen molar-refractivity contribution in [2.75, 3.05) is 43.0 Å². The highest BCUT2D eigenvalue weighted by molar-refractivity contribution is 5.93. The van der Waals surface area contributed by atoms with Gasteiger partial charge in [0.25, 0.3) is 0 Å². The molecule has 0 N–H and O–H groups in total. The van der Waals surface area contributed by atoms with E-state index in [1.165, 1.54) is 0 Å². The van der Waals surface area contributed by atoms with E-state index in [1.54, 1.807) is 22.2 Å². The highest BCUT2D eigenvalue weighted by atomic mass is 16.2. The average Bonchev–Trinajstić information content (AvgIpc) is 3.06. The van der Waals surface area contributed by atoms with Gasteiger partial charge in [0.1, 0.15) is 11.6 Å². The van der Waals surface area contributed by atoms with E-state index >= 15 is 0 Å². The van der Waals surface area contributed by atoms with Crippen molar-refractivity contribution in [1.29, 1.82) is 0 Å². The van der Waals surface area contributed by atoms with Gasteiger partial charge < -0.3 is 9.80 Å². The molecule has 2 aromatic rings. The Bertz CT molecular complexity index is 737. The molecule has 0 radical (unpaired) electrons. The van der Waals surface area contributed by atoms with Crippen molar-refractivity contribution in [2.24, 2.45) is 0 Å². The minimum Gasteiger partial charge on any atom is -0.352 e. The van der Waals surface area contributed by atoms with Gasteiger partial charge in [-0.15, -0.1) is 0 Å². The van der Waals surface area contributed by atoms with E-state index in [2.05, 4.69) is 20.0 Å². The van der Waals surface area contributed by atoms with E-state index in [0.717, 1.165) is 43.5 Å². The van der Waals surface area contributed by atoms with Gasteiger partial charge in [0.05, 0.1) is 17.9 Å². The SMILES string of the molecule is Cc1nccc(N2CC(n3cc(N4CCN(C)C4=O)cn3)C2)n1. The molecule has 4 heterocycles. The number of rotatable bonds is 3. The number of urea groups is 1. The van der Waals surface area contributed by atoms with Gasteiger partial charge in [-0.25, -0.2) is 14.8 Å². The minimum atomic E-state index is 0.0382. The summed E-state index contributed by atoms with van der Waals surface area (Å²) in [6, 6.07) is 2.28. The predicted octanol–water partition coefficient (Wildman–Crippen LogP) is 0.915. The largest absolute Gasteiger partial charge is 0.352 e. The first-order valence-corrected chi connectivity index (χ1v) is 7.73. The van der Waals surface area contributed by atoms with Gasteiger partial charge in [-0.1, -0.05) is 0 Å². The van der Waals surface area contributed by atoms with Crippen LogP contribution < -0.4 is 9.80 Å². The molecule has 2 saturated heterocycles. The quantitative estimate of drug-likeness (QED) is 0.842. The van der Waals surface area contributed by atoms with Crippen LogP contribution >= 0.6 is 0 Å².